The molecule has 0 spiro atoms. The highest BCUT2D eigenvalue weighted by atomic mass is 16.6. The van der Waals surface area contributed by atoms with E-state index in [2.05, 4.69) is 54.5 Å². The molecule has 0 radical (unpaired) electrons. The van der Waals surface area contributed by atoms with Gasteiger partial charge in [0.05, 0.1) is 18.3 Å². The Morgan fingerprint density at radius 2 is 1.72 bits per heavy atom. The minimum atomic E-state index is 0.0491. The number of nitriles is 1. The number of nitrogens with zero attached hydrogens (tertiary/aromatic N) is 1. The SMILES string of the molecule is CC(C)CCC[C@@H](C)[C@H]1CC[C@@]2(C)C3=C(CC[C@]12C)[C@@](C)(CCC#N)[C@H]([C@]1(C)CO1)CC3. The molecule has 180 valence electrons. The number of fused-ring (bicyclic) bond motifs is 2. The molecule has 2 fully saturated rings. The third-order valence-electron chi connectivity index (χ3n) is 11.3. The van der Waals surface area contributed by atoms with Crippen molar-refractivity contribution in [1.82, 2.24) is 0 Å². The molecule has 1 aliphatic heterocycles. The fraction of sp³-hybridized carbons (Fsp3) is 0.900. The van der Waals surface area contributed by atoms with Gasteiger partial charge in [-0.05, 0) is 91.8 Å². The highest BCUT2D eigenvalue weighted by Crippen LogP contribution is 2.71. The summed E-state index contributed by atoms with van der Waals surface area (Å²) in [6, 6.07) is 2.48. The molecule has 0 unspecified atom stereocenters. The Labute approximate surface area is 198 Å². The number of ether oxygens (including phenoxy) is 1. The minimum Gasteiger partial charge on any atom is -0.370 e. The van der Waals surface area contributed by atoms with Crippen LogP contribution in [-0.4, -0.2) is 12.2 Å². The van der Waals surface area contributed by atoms with E-state index in [4.69, 9.17) is 4.74 Å². The number of hydrogen-bond acceptors (Lipinski definition) is 2. The molecule has 1 heterocycles. The van der Waals surface area contributed by atoms with Gasteiger partial charge in [-0.1, -0.05) is 72.0 Å². The monoisotopic (exact) mass is 439 g/mol. The fourth-order valence-corrected chi connectivity index (χ4v) is 9.05. The molecule has 0 aromatic rings. The highest BCUT2D eigenvalue weighted by molar-refractivity contribution is 5.38. The van der Waals surface area contributed by atoms with Crippen LogP contribution in [0.25, 0.3) is 0 Å². The molecule has 2 nitrogen and oxygen atoms in total. The van der Waals surface area contributed by atoms with Crippen molar-refractivity contribution in [2.24, 2.45) is 39.9 Å². The van der Waals surface area contributed by atoms with Crippen molar-refractivity contribution in [1.29, 1.82) is 5.26 Å². The first kappa shape index (κ1) is 24.3. The second-order valence-electron chi connectivity index (χ2n) is 13.4. The Morgan fingerprint density at radius 1 is 1.00 bits per heavy atom. The first-order valence-electron chi connectivity index (χ1n) is 13.8. The van der Waals surface area contributed by atoms with E-state index in [0.29, 0.717) is 23.2 Å². The molecular formula is C30H49NO. The van der Waals surface area contributed by atoms with E-state index in [1.807, 2.05) is 5.57 Å². The summed E-state index contributed by atoms with van der Waals surface area (Å²) in [5.74, 6) is 3.10. The summed E-state index contributed by atoms with van der Waals surface area (Å²) in [7, 11) is 0. The maximum Gasteiger partial charge on any atom is 0.0924 e. The maximum atomic E-state index is 9.46. The van der Waals surface area contributed by atoms with Crippen LogP contribution < -0.4 is 0 Å². The topological polar surface area (TPSA) is 36.3 Å². The van der Waals surface area contributed by atoms with Crippen molar-refractivity contribution in [3.63, 3.8) is 0 Å². The summed E-state index contributed by atoms with van der Waals surface area (Å²) < 4.78 is 6.02. The van der Waals surface area contributed by atoms with Crippen LogP contribution in [0.2, 0.25) is 0 Å². The quantitative estimate of drug-likeness (QED) is 0.281. The normalized spacial score (nSPS) is 44.2. The van der Waals surface area contributed by atoms with Gasteiger partial charge in [0.15, 0.2) is 0 Å². The largest absolute Gasteiger partial charge is 0.370 e. The van der Waals surface area contributed by atoms with E-state index in [-0.39, 0.29) is 11.0 Å². The highest BCUT2D eigenvalue weighted by Gasteiger charge is 2.63. The first-order chi connectivity index (χ1) is 15.0. The molecular weight excluding hydrogens is 390 g/mol. The van der Waals surface area contributed by atoms with Gasteiger partial charge in [-0.25, -0.2) is 0 Å². The lowest BCUT2D eigenvalue weighted by atomic mass is 9.46. The third-order valence-corrected chi connectivity index (χ3v) is 11.3. The second-order valence-corrected chi connectivity index (χ2v) is 13.4. The summed E-state index contributed by atoms with van der Waals surface area (Å²) in [6.45, 7) is 18.3. The summed E-state index contributed by atoms with van der Waals surface area (Å²) in [6.07, 6.45) is 13.7. The van der Waals surface area contributed by atoms with E-state index < -0.39 is 0 Å². The van der Waals surface area contributed by atoms with Crippen molar-refractivity contribution in [3.8, 4) is 6.07 Å². The summed E-state index contributed by atoms with van der Waals surface area (Å²) >= 11 is 0. The Morgan fingerprint density at radius 3 is 2.34 bits per heavy atom. The first-order valence-corrected chi connectivity index (χ1v) is 13.8. The van der Waals surface area contributed by atoms with Gasteiger partial charge >= 0.3 is 0 Å². The van der Waals surface area contributed by atoms with Crippen molar-refractivity contribution < 1.29 is 4.74 Å². The van der Waals surface area contributed by atoms with Crippen molar-refractivity contribution in [2.75, 3.05) is 6.61 Å². The molecule has 0 N–H and O–H groups in total. The van der Waals surface area contributed by atoms with Crippen LogP contribution in [0.3, 0.4) is 0 Å². The molecule has 0 bridgehead atoms. The standard InChI is InChI=1S/C30H49NO/c1-21(2)10-8-11-22(3)23-14-17-29(6)25-12-13-26(30(7)20-32-30)27(4,16-9-19-31)24(25)15-18-28(23,29)5/h21-23,26H,8-18,20H2,1-7H3/t22-,23-,26-,27-,28-,29+,30+/m1/s1. The summed E-state index contributed by atoms with van der Waals surface area (Å²) in [5, 5.41) is 9.46. The predicted molar refractivity (Wildman–Crippen MR) is 133 cm³/mol. The molecule has 4 rings (SSSR count). The molecule has 3 aliphatic carbocycles. The van der Waals surface area contributed by atoms with Crippen LogP contribution in [0.1, 0.15) is 119 Å². The van der Waals surface area contributed by atoms with Crippen LogP contribution >= 0.6 is 0 Å². The Balaban J connectivity index is 1.63. The summed E-state index contributed by atoms with van der Waals surface area (Å²) in [4.78, 5) is 0. The molecule has 7 atom stereocenters. The molecule has 4 aliphatic rings. The number of epoxide rings is 1. The van der Waals surface area contributed by atoms with E-state index >= 15 is 0 Å². The van der Waals surface area contributed by atoms with Crippen LogP contribution in [-0.2, 0) is 4.74 Å². The maximum absolute atomic E-state index is 9.46. The van der Waals surface area contributed by atoms with E-state index in [0.717, 1.165) is 30.8 Å². The van der Waals surface area contributed by atoms with Crippen molar-refractivity contribution in [3.05, 3.63) is 11.1 Å². The predicted octanol–water partition coefficient (Wildman–Crippen LogP) is 8.47. The molecule has 0 amide bonds. The van der Waals surface area contributed by atoms with Crippen LogP contribution in [0.5, 0.6) is 0 Å². The number of rotatable bonds is 8. The van der Waals surface area contributed by atoms with Gasteiger partial charge in [0.1, 0.15) is 0 Å². The van der Waals surface area contributed by atoms with Crippen LogP contribution in [0.4, 0.5) is 0 Å². The van der Waals surface area contributed by atoms with E-state index in [9.17, 15) is 5.26 Å². The summed E-state index contributed by atoms with van der Waals surface area (Å²) in [5.41, 5.74) is 4.55. The molecule has 32 heavy (non-hydrogen) atoms. The van der Waals surface area contributed by atoms with Crippen LogP contribution in [0, 0.1) is 51.2 Å². The minimum absolute atomic E-state index is 0.0491. The van der Waals surface area contributed by atoms with Gasteiger partial charge < -0.3 is 4.74 Å². The second kappa shape index (κ2) is 8.45. The van der Waals surface area contributed by atoms with Gasteiger partial charge in [-0.2, -0.15) is 5.26 Å². The zero-order chi connectivity index (χ0) is 23.4. The lowest BCUT2D eigenvalue weighted by molar-refractivity contribution is 0.0142. The van der Waals surface area contributed by atoms with Gasteiger partial charge in [0.25, 0.3) is 0 Å². The molecule has 0 aromatic heterocycles. The van der Waals surface area contributed by atoms with Gasteiger partial charge in [0.2, 0.25) is 0 Å². The third kappa shape index (κ3) is 3.70. The van der Waals surface area contributed by atoms with Gasteiger partial charge in [-0.15, -0.1) is 0 Å². The number of allylic oxidation sites excluding steroid dienone is 2. The molecule has 0 aromatic carbocycles. The van der Waals surface area contributed by atoms with E-state index in [1.54, 1.807) is 5.57 Å². The Hall–Kier alpha value is -0.810. The van der Waals surface area contributed by atoms with Crippen molar-refractivity contribution in [2.45, 2.75) is 125 Å². The average molecular weight is 440 g/mol. The molecule has 2 heteroatoms. The van der Waals surface area contributed by atoms with Gasteiger partial charge in [0, 0.05) is 6.42 Å². The zero-order valence-electron chi connectivity index (χ0n) is 22.2. The van der Waals surface area contributed by atoms with E-state index in [1.165, 1.54) is 57.8 Å². The smallest absolute Gasteiger partial charge is 0.0924 e. The number of hydrogen-bond donors (Lipinski definition) is 0. The lowest BCUT2D eigenvalue weighted by Gasteiger charge is -2.58. The lowest BCUT2D eigenvalue weighted by Crippen LogP contribution is -2.50. The Bertz CT molecular complexity index is 785. The zero-order valence-corrected chi connectivity index (χ0v) is 22.2. The van der Waals surface area contributed by atoms with Crippen LogP contribution in [0.15, 0.2) is 11.1 Å². The van der Waals surface area contributed by atoms with Crippen molar-refractivity contribution >= 4 is 0 Å². The molecule has 1 saturated heterocycles. The Kier molecular flexibility index (Phi) is 6.42. The fourth-order valence-electron chi connectivity index (χ4n) is 9.05. The molecule has 1 saturated carbocycles. The van der Waals surface area contributed by atoms with Gasteiger partial charge in [-0.3, -0.25) is 0 Å². The average Bonchev–Trinajstić information content (AvgIpc) is 3.40.